The number of aromatic nitrogens is 1. The largest absolute Gasteiger partial charge is 0.405 e. The van der Waals surface area contributed by atoms with Gasteiger partial charge in [0.2, 0.25) is 11.2 Å². The van der Waals surface area contributed by atoms with Crippen molar-refractivity contribution in [3.05, 3.63) is 63.1 Å². The highest BCUT2D eigenvalue weighted by atomic mass is 19.1. The number of carbonyl (C=O) groups excluding carboxylic acids is 2. The van der Waals surface area contributed by atoms with Crippen molar-refractivity contribution in [2.75, 3.05) is 13.1 Å². The van der Waals surface area contributed by atoms with Crippen LogP contribution in [0, 0.1) is 11.6 Å². The number of fused-ring (bicyclic) bond motifs is 4. The van der Waals surface area contributed by atoms with Crippen LogP contribution in [0.1, 0.15) is 39.3 Å². The van der Waals surface area contributed by atoms with Gasteiger partial charge in [-0.1, -0.05) is 6.07 Å². The quantitative estimate of drug-likeness (QED) is 0.666. The number of nitrogens with zero attached hydrogens (tertiary/aromatic N) is 3. The molecule has 168 valence electrons. The summed E-state index contributed by atoms with van der Waals surface area (Å²) in [4.78, 5) is 47.5. The highest BCUT2D eigenvalue weighted by Gasteiger charge is 2.48. The van der Waals surface area contributed by atoms with Crippen LogP contribution >= 0.6 is 0 Å². The van der Waals surface area contributed by atoms with Crippen LogP contribution in [0.25, 0.3) is 0 Å². The fourth-order valence-corrected chi connectivity index (χ4v) is 4.92. The molecule has 2 fully saturated rings. The first kappa shape index (κ1) is 20.6. The van der Waals surface area contributed by atoms with E-state index in [0.29, 0.717) is 19.2 Å². The lowest BCUT2D eigenvalue weighted by molar-refractivity contribution is 0.0511. The summed E-state index contributed by atoms with van der Waals surface area (Å²) in [5.74, 6) is 2.22. The van der Waals surface area contributed by atoms with E-state index in [9.17, 15) is 23.2 Å². The molecule has 0 saturated carbocycles. The molecule has 3 N–H and O–H groups in total. The number of nitrogens with one attached hydrogen (secondary N) is 1. The van der Waals surface area contributed by atoms with Gasteiger partial charge in [-0.05, 0) is 18.9 Å². The summed E-state index contributed by atoms with van der Waals surface area (Å²) >= 11 is 0. The molecule has 0 bridgehead atoms. The van der Waals surface area contributed by atoms with Gasteiger partial charge < -0.3 is 19.6 Å². The van der Waals surface area contributed by atoms with E-state index in [1.165, 1.54) is 16.8 Å². The third kappa shape index (κ3) is 3.16. The SMILES string of the molecule is NOc1c2n(cc(C(=O)NCc3ccc(F)cc3F)c1=O)CC1N(CC3CCCN31)C2=O. The molecule has 3 aliphatic rings. The fourth-order valence-electron chi connectivity index (χ4n) is 4.92. The maximum absolute atomic E-state index is 13.9. The molecule has 0 spiro atoms. The molecule has 5 rings (SSSR count). The Kier molecular flexibility index (Phi) is 4.94. The summed E-state index contributed by atoms with van der Waals surface area (Å²) in [6, 6.07) is 3.27. The number of benzene rings is 1. The van der Waals surface area contributed by atoms with Crippen molar-refractivity contribution < 1.29 is 23.2 Å². The predicted molar refractivity (Wildman–Crippen MR) is 108 cm³/mol. The van der Waals surface area contributed by atoms with Crippen molar-refractivity contribution in [3.63, 3.8) is 0 Å². The van der Waals surface area contributed by atoms with E-state index in [4.69, 9.17) is 10.7 Å². The molecule has 3 aliphatic heterocycles. The number of pyridine rings is 1. The van der Waals surface area contributed by atoms with Crippen LogP contribution in [-0.4, -0.2) is 51.5 Å². The van der Waals surface area contributed by atoms with Crippen molar-refractivity contribution in [3.8, 4) is 5.75 Å². The Labute approximate surface area is 181 Å². The van der Waals surface area contributed by atoms with E-state index >= 15 is 0 Å². The standard InChI is InChI=1S/C21H21F2N5O4/c22-12-4-3-11(15(23)6-12)7-25-20(30)14-9-26-10-16-27-5-1-2-13(27)8-28(16)21(31)17(26)19(32-24)18(14)29/h3-4,6,9,13,16H,1-2,5,7-8,10,24H2,(H,25,30). The summed E-state index contributed by atoms with van der Waals surface area (Å²) in [7, 11) is 0. The second-order valence-corrected chi connectivity index (χ2v) is 8.21. The van der Waals surface area contributed by atoms with Crippen molar-refractivity contribution in [2.45, 2.75) is 38.1 Å². The first-order valence-corrected chi connectivity index (χ1v) is 10.3. The molecule has 4 heterocycles. The predicted octanol–water partition coefficient (Wildman–Crippen LogP) is 0.569. The summed E-state index contributed by atoms with van der Waals surface area (Å²) in [5.41, 5.74) is -1.04. The van der Waals surface area contributed by atoms with E-state index in [1.54, 1.807) is 4.90 Å². The maximum Gasteiger partial charge on any atom is 0.275 e. The first-order valence-electron chi connectivity index (χ1n) is 10.3. The zero-order valence-electron chi connectivity index (χ0n) is 17.0. The topological polar surface area (TPSA) is 110 Å². The molecule has 2 atom stereocenters. The van der Waals surface area contributed by atoms with Crippen LogP contribution in [0.2, 0.25) is 0 Å². The van der Waals surface area contributed by atoms with Crippen LogP contribution in [0.4, 0.5) is 8.78 Å². The van der Waals surface area contributed by atoms with E-state index in [2.05, 4.69) is 10.2 Å². The number of hydrogen-bond donors (Lipinski definition) is 2. The van der Waals surface area contributed by atoms with Crippen LogP contribution < -0.4 is 21.5 Å². The lowest BCUT2D eigenvalue weighted by Crippen LogP contribution is -2.51. The van der Waals surface area contributed by atoms with Crippen LogP contribution in [-0.2, 0) is 13.1 Å². The normalized spacial score (nSPS) is 21.8. The third-order valence-corrected chi connectivity index (χ3v) is 6.45. The molecule has 2 amide bonds. The Morgan fingerprint density at radius 1 is 1.25 bits per heavy atom. The Hall–Kier alpha value is -3.31. The average molecular weight is 445 g/mol. The number of carbonyl (C=O) groups is 2. The van der Waals surface area contributed by atoms with Crippen LogP contribution in [0.15, 0.2) is 29.2 Å². The van der Waals surface area contributed by atoms with Crippen LogP contribution in [0.3, 0.4) is 0 Å². The molecular weight excluding hydrogens is 424 g/mol. The fraction of sp³-hybridized carbons (Fsp3) is 0.381. The number of nitrogens with two attached hydrogens (primary N) is 1. The molecule has 0 aliphatic carbocycles. The summed E-state index contributed by atoms with van der Waals surface area (Å²) < 4.78 is 28.5. The molecule has 1 aromatic heterocycles. The summed E-state index contributed by atoms with van der Waals surface area (Å²) in [5, 5.41) is 2.45. The highest BCUT2D eigenvalue weighted by molar-refractivity contribution is 5.99. The van der Waals surface area contributed by atoms with Gasteiger partial charge in [-0.25, -0.2) is 8.78 Å². The molecule has 11 heteroatoms. The summed E-state index contributed by atoms with van der Waals surface area (Å²) in [6.45, 7) is 1.56. The Morgan fingerprint density at radius 2 is 2.06 bits per heavy atom. The smallest absolute Gasteiger partial charge is 0.275 e. The van der Waals surface area contributed by atoms with Gasteiger partial charge in [0.1, 0.15) is 23.4 Å². The molecule has 32 heavy (non-hydrogen) atoms. The Balaban J connectivity index is 1.46. The molecule has 2 unspecified atom stereocenters. The average Bonchev–Trinajstić information content (AvgIpc) is 3.35. The van der Waals surface area contributed by atoms with Gasteiger partial charge >= 0.3 is 0 Å². The molecular formula is C21H21F2N5O4. The van der Waals surface area contributed by atoms with E-state index in [-0.39, 0.29) is 41.5 Å². The van der Waals surface area contributed by atoms with Gasteiger partial charge in [-0.3, -0.25) is 19.3 Å². The van der Waals surface area contributed by atoms with Gasteiger partial charge in [-0.2, -0.15) is 5.90 Å². The number of hydrogen-bond acceptors (Lipinski definition) is 6. The van der Waals surface area contributed by atoms with Crippen molar-refractivity contribution >= 4 is 11.8 Å². The van der Waals surface area contributed by atoms with Gasteiger partial charge in [0.15, 0.2) is 5.69 Å². The monoisotopic (exact) mass is 445 g/mol. The third-order valence-electron chi connectivity index (χ3n) is 6.45. The van der Waals surface area contributed by atoms with Crippen molar-refractivity contribution in [1.82, 2.24) is 19.7 Å². The lowest BCUT2D eigenvalue weighted by Gasteiger charge is -2.36. The Morgan fingerprint density at radius 3 is 2.81 bits per heavy atom. The highest BCUT2D eigenvalue weighted by Crippen LogP contribution is 2.35. The minimum Gasteiger partial charge on any atom is -0.405 e. The second kappa shape index (κ2) is 7.68. The van der Waals surface area contributed by atoms with Crippen molar-refractivity contribution in [2.24, 2.45) is 5.90 Å². The van der Waals surface area contributed by atoms with Gasteiger partial charge in [0.05, 0.1) is 6.54 Å². The number of rotatable bonds is 4. The molecule has 1 aromatic carbocycles. The van der Waals surface area contributed by atoms with Gasteiger partial charge in [-0.15, -0.1) is 0 Å². The van der Waals surface area contributed by atoms with Gasteiger partial charge in [0, 0.05) is 43.5 Å². The Bertz CT molecular complexity index is 1180. The second-order valence-electron chi connectivity index (χ2n) is 8.21. The molecule has 0 radical (unpaired) electrons. The zero-order chi connectivity index (χ0) is 22.6. The number of amides is 2. The lowest BCUT2D eigenvalue weighted by atomic mass is 10.1. The van der Waals surface area contributed by atoms with E-state index in [1.807, 2.05) is 0 Å². The molecule has 2 aromatic rings. The molecule has 2 saturated heterocycles. The maximum atomic E-state index is 13.9. The number of halogens is 2. The zero-order valence-corrected chi connectivity index (χ0v) is 17.0. The van der Waals surface area contributed by atoms with Gasteiger partial charge in [0.25, 0.3) is 11.8 Å². The van der Waals surface area contributed by atoms with Crippen LogP contribution in [0.5, 0.6) is 5.75 Å². The minimum absolute atomic E-state index is 0.0102. The first-order chi connectivity index (χ1) is 15.4. The van der Waals surface area contributed by atoms with E-state index < -0.39 is 28.7 Å². The minimum atomic E-state index is -0.831. The van der Waals surface area contributed by atoms with E-state index in [0.717, 1.165) is 25.5 Å². The summed E-state index contributed by atoms with van der Waals surface area (Å²) in [6.07, 6.45) is 3.21. The van der Waals surface area contributed by atoms with Crippen molar-refractivity contribution in [1.29, 1.82) is 0 Å². The molecule has 9 nitrogen and oxygen atoms in total.